The van der Waals surface area contributed by atoms with E-state index >= 15 is 0 Å². The van der Waals surface area contributed by atoms with E-state index in [0.29, 0.717) is 12.4 Å². The van der Waals surface area contributed by atoms with Crippen LogP contribution < -0.4 is 0 Å². The Morgan fingerprint density at radius 2 is 1.96 bits per heavy atom. The molecule has 0 bridgehead atoms. The van der Waals surface area contributed by atoms with Crippen molar-refractivity contribution in [2.24, 2.45) is 0 Å². The molecule has 3 aromatic heterocycles. The van der Waals surface area contributed by atoms with Crippen molar-refractivity contribution in [3.8, 4) is 0 Å². The Kier molecular flexibility index (Phi) is 6.27. The Balaban J connectivity index is 1.86. The van der Waals surface area contributed by atoms with Gasteiger partial charge in [0.05, 0.1) is 18.4 Å². The molecule has 0 aliphatic heterocycles. The number of nitrogens with zero attached hydrogens (tertiary/aromatic N) is 3. The van der Waals surface area contributed by atoms with E-state index < -0.39 is 0 Å². The van der Waals surface area contributed by atoms with Crippen molar-refractivity contribution >= 4 is 39.1 Å². The van der Waals surface area contributed by atoms with E-state index in [1.54, 1.807) is 18.4 Å². The van der Waals surface area contributed by atoms with Gasteiger partial charge in [-0.2, -0.15) is 0 Å². The molecule has 0 saturated heterocycles. The highest BCUT2D eigenvalue weighted by atomic mass is 32.2. The van der Waals surface area contributed by atoms with Crippen molar-refractivity contribution in [3.05, 3.63) is 39.3 Å². The number of carbonyl (C=O) groups is 1. The third kappa shape index (κ3) is 3.88. The second-order valence-corrected chi connectivity index (χ2v) is 9.38. The summed E-state index contributed by atoms with van der Waals surface area (Å²) in [4.78, 5) is 24.4. The van der Waals surface area contributed by atoms with Crippen LogP contribution in [0, 0.1) is 34.6 Å². The third-order valence-electron chi connectivity index (χ3n) is 5.08. The van der Waals surface area contributed by atoms with E-state index in [4.69, 9.17) is 4.74 Å². The van der Waals surface area contributed by atoms with Gasteiger partial charge in [-0.15, -0.1) is 11.3 Å². The topological polar surface area (TPSA) is 57.0 Å². The zero-order chi connectivity index (χ0) is 20.6. The van der Waals surface area contributed by atoms with Crippen molar-refractivity contribution in [2.75, 3.05) is 19.5 Å². The number of aryl methyl sites for hydroxylation is 4. The smallest absolute Gasteiger partial charge is 0.174 e. The van der Waals surface area contributed by atoms with Gasteiger partial charge in [-0.05, 0) is 53.2 Å². The highest BCUT2D eigenvalue weighted by molar-refractivity contribution is 8.00. The van der Waals surface area contributed by atoms with Gasteiger partial charge < -0.3 is 9.30 Å². The van der Waals surface area contributed by atoms with Gasteiger partial charge in [-0.3, -0.25) is 4.79 Å². The Morgan fingerprint density at radius 3 is 2.64 bits per heavy atom. The summed E-state index contributed by atoms with van der Waals surface area (Å²) in [6.07, 6.45) is 0. The van der Waals surface area contributed by atoms with E-state index in [1.165, 1.54) is 22.2 Å². The fourth-order valence-corrected chi connectivity index (χ4v) is 5.84. The van der Waals surface area contributed by atoms with E-state index in [1.807, 2.05) is 26.8 Å². The van der Waals surface area contributed by atoms with Gasteiger partial charge >= 0.3 is 0 Å². The number of ether oxygens (including phenoxy) is 1. The molecule has 3 rings (SSSR count). The third-order valence-corrected chi connectivity index (χ3v) is 7.16. The Labute approximate surface area is 174 Å². The molecule has 0 unspecified atom stereocenters. The fourth-order valence-electron chi connectivity index (χ4n) is 3.68. The largest absolute Gasteiger partial charge is 0.383 e. The standard InChI is InChI=1S/C21H27N3O2S2/c1-11-8-17(14(4)24(11)12(2)9-26-7)18(25)10-27-20-19-13(3)15(5)28-21(19)23-16(6)22-20/h8,12H,9-10H2,1-7H3/t12-/m1/s1. The average molecular weight is 418 g/mol. The first-order valence-corrected chi connectivity index (χ1v) is 11.1. The Bertz CT molecular complexity index is 1040. The predicted molar refractivity (Wildman–Crippen MR) is 117 cm³/mol. The number of thiophene rings is 1. The lowest BCUT2D eigenvalue weighted by Crippen LogP contribution is -2.14. The molecular weight excluding hydrogens is 390 g/mol. The number of ketones is 1. The minimum Gasteiger partial charge on any atom is -0.383 e. The van der Waals surface area contributed by atoms with Crippen LogP contribution in [-0.4, -0.2) is 39.8 Å². The molecule has 0 amide bonds. The molecule has 0 radical (unpaired) electrons. The maximum absolute atomic E-state index is 13.0. The maximum Gasteiger partial charge on any atom is 0.174 e. The van der Waals surface area contributed by atoms with E-state index in [0.717, 1.165) is 38.0 Å². The SMILES string of the molecule is COC[C@@H](C)n1c(C)cc(C(=O)CSc2nc(C)nc3sc(C)c(C)c23)c1C. The fraction of sp³-hybridized carbons (Fsp3) is 0.476. The van der Waals surface area contributed by atoms with Gasteiger partial charge in [0.2, 0.25) is 0 Å². The summed E-state index contributed by atoms with van der Waals surface area (Å²) in [6, 6.07) is 2.19. The summed E-state index contributed by atoms with van der Waals surface area (Å²) in [5, 5.41) is 1.99. The lowest BCUT2D eigenvalue weighted by molar-refractivity contribution is 0.102. The summed E-state index contributed by atoms with van der Waals surface area (Å²) in [7, 11) is 1.70. The van der Waals surface area contributed by atoms with Crippen LogP contribution in [-0.2, 0) is 4.74 Å². The highest BCUT2D eigenvalue weighted by Crippen LogP contribution is 2.35. The van der Waals surface area contributed by atoms with Crippen LogP contribution in [0.25, 0.3) is 10.2 Å². The number of methoxy groups -OCH3 is 1. The van der Waals surface area contributed by atoms with Crippen molar-refractivity contribution < 1.29 is 9.53 Å². The van der Waals surface area contributed by atoms with Gasteiger partial charge in [0.15, 0.2) is 5.78 Å². The maximum atomic E-state index is 13.0. The van der Waals surface area contributed by atoms with E-state index in [2.05, 4.69) is 35.3 Å². The lowest BCUT2D eigenvalue weighted by atomic mass is 10.2. The normalized spacial score (nSPS) is 12.7. The van der Waals surface area contributed by atoms with Crippen LogP contribution in [0.2, 0.25) is 0 Å². The van der Waals surface area contributed by atoms with Crippen molar-refractivity contribution in [1.29, 1.82) is 0 Å². The molecule has 7 heteroatoms. The van der Waals surface area contributed by atoms with Crippen molar-refractivity contribution in [3.63, 3.8) is 0 Å². The summed E-state index contributed by atoms with van der Waals surface area (Å²) in [6.45, 7) is 12.9. The second-order valence-electron chi connectivity index (χ2n) is 7.21. The molecule has 0 aromatic carbocycles. The first kappa shape index (κ1) is 21.0. The van der Waals surface area contributed by atoms with Crippen molar-refractivity contribution in [2.45, 2.75) is 52.6 Å². The highest BCUT2D eigenvalue weighted by Gasteiger charge is 2.20. The molecule has 5 nitrogen and oxygen atoms in total. The second kappa shape index (κ2) is 8.35. The number of hydrogen-bond acceptors (Lipinski definition) is 6. The van der Waals surface area contributed by atoms with Crippen molar-refractivity contribution in [1.82, 2.24) is 14.5 Å². The average Bonchev–Trinajstić information content (AvgIpc) is 3.08. The molecule has 150 valence electrons. The van der Waals surface area contributed by atoms with Crippen LogP contribution in [0.5, 0.6) is 0 Å². The number of aromatic nitrogens is 3. The molecule has 0 spiro atoms. The van der Waals surface area contributed by atoms with Crippen LogP contribution in [0.3, 0.4) is 0 Å². The molecule has 0 aliphatic carbocycles. The monoisotopic (exact) mass is 417 g/mol. The molecule has 3 aromatic rings. The zero-order valence-corrected chi connectivity index (χ0v) is 19.2. The first-order valence-electron chi connectivity index (χ1n) is 9.32. The molecular formula is C21H27N3O2S2. The summed E-state index contributed by atoms with van der Waals surface area (Å²) in [5.74, 6) is 1.24. The van der Waals surface area contributed by atoms with Gasteiger partial charge in [-0.1, -0.05) is 11.8 Å². The molecule has 0 saturated carbocycles. The number of carbonyl (C=O) groups excluding carboxylic acids is 1. The molecule has 0 fully saturated rings. The van der Waals surface area contributed by atoms with Crippen LogP contribution in [0.4, 0.5) is 0 Å². The number of hydrogen-bond donors (Lipinski definition) is 0. The number of thioether (sulfide) groups is 1. The molecule has 28 heavy (non-hydrogen) atoms. The number of rotatable bonds is 7. The summed E-state index contributed by atoms with van der Waals surface area (Å²) >= 11 is 3.20. The zero-order valence-electron chi connectivity index (χ0n) is 17.5. The minimum absolute atomic E-state index is 0.128. The van der Waals surface area contributed by atoms with Crippen LogP contribution in [0.15, 0.2) is 11.1 Å². The Morgan fingerprint density at radius 1 is 1.25 bits per heavy atom. The Hall–Kier alpha value is -1.70. The molecule has 3 heterocycles. The predicted octanol–water partition coefficient (Wildman–Crippen LogP) is 5.22. The quantitative estimate of drug-likeness (QED) is 0.300. The molecule has 0 aliphatic rings. The van der Waals surface area contributed by atoms with Gasteiger partial charge in [0.1, 0.15) is 15.7 Å². The van der Waals surface area contributed by atoms with Gasteiger partial charge in [0, 0.05) is 34.3 Å². The van der Waals surface area contributed by atoms with Crippen LogP contribution in [0.1, 0.15) is 51.0 Å². The molecule has 0 N–H and O–H groups in total. The summed E-state index contributed by atoms with van der Waals surface area (Å²) in [5.41, 5.74) is 4.08. The summed E-state index contributed by atoms with van der Waals surface area (Å²) < 4.78 is 7.47. The van der Waals surface area contributed by atoms with E-state index in [9.17, 15) is 4.79 Å². The first-order chi connectivity index (χ1) is 13.2. The van der Waals surface area contributed by atoms with Gasteiger partial charge in [0.25, 0.3) is 0 Å². The van der Waals surface area contributed by atoms with Gasteiger partial charge in [-0.25, -0.2) is 9.97 Å². The number of fused-ring (bicyclic) bond motifs is 1. The minimum atomic E-state index is 0.128. The van der Waals surface area contributed by atoms with E-state index in [-0.39, 0.29) is 11.8 Å². The number of Topliss-reactive ketones (excluding diaryl/α,β-unsaturated/α-hetero) is 1. The molecule has 1 atom stereocenters. The lowest BCUT2D eigenvalue weighted by Gasteiger charge is -2.17. The van der Waals surface area contributed by atoms with Crippen LogP contribution >= 0.6 is 23.1 Å².